The first-order chi connectivity index (χ1) is 8.99. The van der Waals surface area contributed by atoms with Gasteiger partial charge in [0.05, 0.1) is 11.6 Å². The summed E-state index contributed by atoms with van der Waals surface area (Å²) in [6, 6.07) is 7.09. The van der Waals surface area contributed by atoms with E-state index in [1.54, 1.807) is 6.92 Å². The van der Waals surface area contributed by atoms with E-state index in [1.165, 1.54) is 24.3 Å². The van der Waals surface area contributed by atoms with Crippen molar-refractivity contribution in [2.75, 3.05) is 0 Å². The number of rotatable bonds is 5. The van der Waals surface area contributed by atoms with Gasteiger partial charge in [-0.2, -0.15) is 5.26 Å². The molecule has 0 fully saturated rings. The van der Waals surface area contributed by atoms with Crippen LogP contribution in [0.1, 0.15) is 36.2 Å². The molecule has 1 amide bonds. The van der Waals surface area contributed by atoms with Gasteiger partial charge in [0.15, 0.2) is 0 Å². The molecule has 0 aromatic heterocycles. The number of nitrogens with one attached hydrogen (secondary N) is 1. The van der Waals surface area contributed by atoms with Crippen molar-refractivity contribution in [1.29, 1.82) is 5.26 Å². The third-order valence-corrected chi connectivity index (χ3v) is 3.04. The number of nitrogens with zero attached hydrogens (tertiary/aromatic N) is 1. The van der Waals surface area contributed by atoms with Gasteiger partial charge in [0, 0.05) is 5.56 Å². The predicted octanol–water partition coefficient (Wildman–Crippen LogP) is 1.79. The summed E-state index contributed by atoms with van der Waals surface area (Å²) < 4.78 is 0. The maximum absolute atomic E-state index is 11.9. The van der Waals surface area contributed by atoms with Crippen LogP contribution in [0.15, 0.2) is 24.3 Å². The van der Waals surface area contributed by atoms with Gasteiger partial charge >= 0.3 is 5.97 Å². The SMILES string of the molecule is CC[C@@H](C)[C@H](NC(=O)c1ccc(C#N)cc1)C(=O)O. The van der Waals surface area contributed by atoms with E-state index in [0.717, 1.165) is 0 Å². The van der Waals surface area contributed by atoms with Gasteiger partial charge in [0.25, 0.3) is 5.91 Å². The Kier molecular flexibility index (Phi) is 5.07. The summed E-state index contributed by atoms with van der Waals surface area (Å²) >= 11 is 0. The average molecular weight is 260 g/mol. The third kappa shape index (κ3) is 3.81. The minimum absolute atomic E-state index is 0.153. The predicted molar refractivity (Wildman–Crippen MR) is 69.5 cm³/mol. The topological polar surface area (TPSA) is 90.2 Å². The summed E-state index contributed by atoms with van der Waals surface area (Å²) in [6.45, 7) is 3.65. The van der Waals surface area contributed by atoms with Gasteiger partial charge in [-0.25, -0.2) is 4.79 Å². The Labute approximate surface area is 111 Å². The highest BCUT2D eigenvalue weighted by molar-refractivity contribution is 5.96. The Bertz CT molecular complexity index is 502. The average Bonchev–Trinajstić information content (AvgIpc) is 2.43. The second-order valence-corrected chi connectivity index (χ2v) is 4.36. The van der Waals surface area contributed by atoms with Crippen molar-refractivity contribution in [3.05, 3.63) is 35.4 Å². The largest absolute Gasteiger partial charge is 0.480 e. The molecule has 0 saturated heterocycles. The van der Waals surface area contributed by atoms with Crippen LogP contribution in [-0.2, 0) is 4.79 Å². The molecule has 1 aromatic carbocycles. The van der Waals surface area contributed by atoms with Crippen LogP contribution in [0, 0.1) is 17.2 Å². The molecule has 5 heteroatoms. The maximum Gasteiger partial charge on any atom is 0.326 e. The molecule has 0 radical (unpaired) electrons. The number of nitriles is 1. The number of hydrogen-bond acceptors (Lipinski definition) is 3. The number of hydrogen-bond donors (Lipinski definition) is 2. The number of amides is 1. The highest BCUT2D eigenvalue weighted by Gasteiger charge is 2.25. The molecule has 2 N–H and O–H groups in total. The van der Waals surface area contributed by atoms with E-state index >= 15 is 0 Å². The number of carbonyl (C=O) groups is 2. The molecule has 0 aliphatic heterocycles. The second kappa shape index (κ2) is 6.55. The van der Waals surface area contributed by atoms with Gasteiger partial charge in [0.1, 0.15) is 6.04 Å². The van der Waals surface area contributed by atoms with Gasteiger partial charge in [-0.3, -0.25) is 4.79 Å². The minimum Gasteiger partial charge on any atom is -0.480 e. The molecule has 0 aliphatic rings. The van der Waals surface area contributed by atoms with Gasteiger partial charge < -0.3 is 10.4 Å². The molecule has 19 heavy (non-hydrogen) atoms. The zero-order valence-corrected chi connectivity index (χ0v) is 10.9. The molecule has 0 saturated carbocycles. The van der Waals surface area contributed by atoms with E-state index < -0.39 is 17.9 Å². The first-order valence-corrected chi connectivity index (χ1v) is 6.03. The van der Waals surface area contributed by atoms with Gasteiger partial charge in [-0.15, -0.1) is 0 Å². The fourth-order valence-electron chi connectivity index (χ4n) is 1.60. The zero-order chi connectivity index (χ0) is 14.4. The lowest BCUT2D eigenvalue weighted by Gasteiger charge is -2.20. The monoisotopic (exact) mass is 260 g/mol. The van der Waals surface area contributed by atoms with Crippen LogP contribution in [0.4, 0.5) is 0 Å². The van der Waals surface area contributed by atoms with Crippen molar-refractivity contribution in [2.45, 2.75) is 26.3 Å². The van der Waals surface area contributed by atoms with Gasteiger partial charge in [-0.05, 0) is 30.2 Å². The fraction of sp³-hybridized carbons (Fsp3) is 0.357. The van der Waals surface area contributed by atoms with Crippen molar-refractivity contribution in [2.24, 2.45) is 5.92 Å². The van der Waals surface area contributed by atoms with Crippen molar-refractivity contribution < 1.29 is 14.7 Å². The highest BCUT2D eigenvalue weighted by atomic mass is 16.4. The molecule has 1 rings (SSSR count). The standard InChI is InChI=1S/C14H16N2O3/c1-3-9(2)12(14(18)19)16-13(17)11-6-4-10(8-15)5-7-11/h4-7,9,12H,3H2,1-2H3,(H,16,17)(H,18,19)/t9-,12+/m1/s1. The number of aliphatic carboxylic acids is 1. The number of carboxylic acids is 1. The van der Waals surface area contributed by atoms with E-state index in [0.29, 0.717) is 17.5 Å². The van der Waals surface area contributed by atoms with Crippen molar-refractivity contribution in [3.63, 3.8) is 0 Å². The van der Waals surface area contributed by atoms with Crippen LogP contribution >= 0.6 is 0 Å². The van der Waals surface area contributed by atoms with Crippen molar-refractivity contribution in [1.82, 2.24) is 5.32 Å². The third-order valence-electron chi connectivity index (χ3n) is 3.04. The molecule has 5 nitrogen and oxygen atoms in total. The quantitative estimate of drug-likeness (QED) is 0.844. The zero-order valence-electron chi connectivity index (χ0n) is 10.9. The normalized spacial score (nSPS) is 13.1. The van der Waals surface area contributed by atoms with Crippen molar-refractivity contribution >= 4 is 11.9 Å². The van der Waals surface area contributed by atoms with E-state index in [9.17, 15) is 9.59 Å². The molecule has 2 atom stereocenters. The lowest BCUT2D eigenvalue weighted by atomic mass is 9.99. The number of benzene rings is 1. The van der Waals surface area contributed by atoms with Crippen LogP contribution in [0.5, 0.6) is 0 Å². The molecule has 0 spiro atoms. The summed E-state index contributed by atoms with van der Waals surface area (Å²) in [4.78, 5) is 23.0. The van der Waals surface area contributed by atoms with Gasteiger partial charge in [-0.1, -0.05) is 20.3 Å². The van der Waals surface area contributed by atoms with Crippen LogP contribution in [0.2, 0.25) is 0 Å². The van der Waals surface area contributed by atoms with E-state index in [2.05, 4.69) is 5.32 Å². The second-order valence-electron chi connectivity index (χ2n) is 4.36. The Balaban J connectivity index is 2.82. The maximum atomic E-state index is 11.9. The molecular formula is C14H16N2O3. The summed E-state index contributed by atoms with van der Waals surface area (Å²) in [5, 5.41) is 20.3. The number of carboxylic acid groups (broad SMARTS) is 1. The summed E-state index contributed by atoms with van der Waals surface area (Å²) in [7, 11) is 0. The fourth-order valence-corrected chi connectivity index (χ4v) is 1.60. The van der Waals surface area contributed by atoms with Crippen LogP contribution in [0.3, 0.4) is 0 Å². The molecule has 0 aliphatic carbocycles. The molecule has 0 heterocycles. The number of carbonyl (C=O) groups excluding carboxylic acids is 1. The molecular weight excluding hydrogens is 244 g/mol. The molecule has 100 valence electrons. The Morgan fingerprint density at radius 1 is 1.37 bits per heavy atom. The lowest BCUT2D eigenvalue weighted by Crippen LogP contribution is -2.45. The van der Waals surface area contributed by atoms with E-state index in [1.807, 2.05) is 13.0 Å². The molecule has 0 unspecified atom stereocenters. The highest BCUT2D eigenvalue weighted by Crippen LogP contribution is 2.10. The smallest absolute Gasteiger partial charge is 0.326 e. The van der Waals surface area contributed by atoms with Crippen LogP contribution < -0.4 is 5.32 Å². The Hall–Kier alpha value is -2.35. The first-order valence-electron chi connectivity index (χ1n) is 6.03. The minimum atomic E-state index is -1.05. The van der Waals surface area contributed by atoms with E-state index in [4.69, 9.17) is 10.4 Å². The van der Waals surface area contributed by atoms with Crippen LogP contribution in [-0.4, -0.2) is 23.0 Å². The summed E-state index contributed by atoms with van der Waals surface area (Å²) in [6.07, 6.45) is 0.657. The Morgan fingerprint density at radius 2 is 1.95 bits per heavy atom. The van der Waals surface area contributed by atoms with Crippen LogP contribution in [0.25, 0.3) is 0 Å². The Morgan fingerprint density at radius 3 is 2.37 bits per heavy atom. The van der Waals surface area contributed by atoms with Crippen molar-refractivity contribution in [3.8, 4) is 6.07 Å². The lowest BCUT2D eigenvalue weighted by molar-refractivity contribution is -0.140. The van der Waals surface area contributed by atoms with E-state index in [-0.39, 0.29) is 5.92 Å². The molecule has 0 bridgehead atoms. The summed E-state index contributed by atoms with van der Waals surface area (Å²) in [5.74, 6) is -1.65. The first kappa shape index (κ1) is 14.7. The van der Waals surface area contributed by atoms with Gasteiger partial charge in [0.2, 0.25) is 0 Å². The molecule has 1 aromatic rings. The summed E-state index contributed by atoms with van der Waals surface area (Å²) in [5.41, 5.74) is 0.793.